The zero-order valence-corrected chi connectivity index (χ0v) is 7.25. The molecule has 1 rings (SSSR count). The van der Waals surface area contributed by atoms with Gasteiger partial charge >= 0.3 is 5.97 Å². The molecule has 0 spiro atoms. The van der Waals surface area contributed by atoms with Crippen LogP contribution in [0.4, 0.5) is 0 Å². The van der Waals surface area contributed by atoms with Crippen molar-refractivity contribution in [3.63, 3.8) is 0 Å². The molecule has 0 aromatic rings. The Bertz CT molecular complexity index is 196. The van der Waals surface area contributed by atoms with E-state index in [4.69, 9.17) is 9.84 Å². The van der Waals surface area contributed by atoms with E-state index in [1.165, 1.54) is 0 Å². The largest absolute Gasteiger partial charge is 0.461 e. The summed E-state index contributed by atoms with van der Waals surface area (Å²) < 4.78 is 4.87. The van der Waals surface area contributed by atoms with Gasteiger partial charge in [-0.1, -0.05) is 6.08 Å². The van der Waals surface area contributed by atoms with Gasteiger partial charge in [0, 0.05) is 6.61 Å². The fourth-order valence-corrected chi connectivity index (χ4v) is 1.44. The maximum Gasteiger partial charge on any atom is 0.306 e. The van der Waals surface area contributed by atoms with Crippen molar-refractivity contribution < 1.29 is 14.6 Å². The van der Waals surface area contributed by atoms with E-state index in [-0.39, 0.29) is 18.5 Å². The smallest absolute Gasteiger partial charge is 0.306 e. The van der Waals surface area contributed by atoms with Crippen LogP contribution in [0.1, 0.15) is 19.8 Å². The molecule has 1 unspecified atom stereocenters. The Hall–Kier alpha value is -0.830. The first-order chi connectivity index (χ1) is 5.77. The van der Waals surface area contributed by atoms with Crippen molar-refractivity contribution in [1.82, 2.24) is 0 Å². The van der Waals surface area contributed by atoms with Crippen LogP contribution in [0.3, 0.4) is 0 Å². The summed E-state index contributed by atoms with van der Waals surface area (Å²) >= 11 is 0. The number of cyclic esters (lactones) is 1. The quantitative estimate of drug-likeness (QED) is 0.494. The Balaban J connectivity index is 2.58. The molecule has 0 aliphatic carbocycles. The van der Waals surface area contributed by atoms with Crippen LogP contribution in [0.15, 0.2) is 11.6 Å². The molecule has 0 amide bonds. The van der Waals surface area contributed by atoms with E-state index >= 15 is 0 Å². The van der Waals surface area contributed by atoms with Crippen LogP contribution in [-0.4, -0.2) is 24.3 Å². The number of ether oxygens (including phenoxy) is 1. The van der Waals surface area contributed by atoms with Gasteiger partial charge < -0.3 is 9.84 Å². The number of allylic oxidation sites excluding steroid dienone is 1. The lowest BCUT2D eigenvalue weighted by Crippen LogP contribution is -2.24. The molecular formula is C9H14O3. The highest BCUT2D eigenvalue weighted by atomic mass is 16.5. The van der Waals surface area contributed by atoms with Crippen LogP contribution in [0, 0.1) is 5.92 Å². The molecule has 68 valence electrons. The molecule has 0 aromatic heterocycles. The average molecular weight is 170 g/mol. The maximum absolute atomic E-state index is 10.9. The van der Waals surface area contributed by atoms with E-state index in [9.17, 15) is 4.79 Å². The Morgan fingerprint density at radius 2 is 2.50 bits per heavy atom. The van der Waals surface area contributed by atoms with Crippen LogP contribution in [0.2, 0.25) is 0 Å². The molecule has 12 heavy (non-hydrogen) atoms. The van der Waals surface area contributed by atoms with Crippen molar-refractivity contribution in [2.75, 3.05) is 13.2 Å². The zero-order chi connectivity index (χ0) is 8.97. The number of rotatable bonds is 2. The number of esters is 1. The highest BCUT2D eigenvalue weighted by Crippen LogP contribution is 2.24. The topological polar surface area (TPSA) is 46.5 Å². The van der Waals surface area contributed by atoms with Crippen molar-refractivity contribution in [2.45, 2.75) is 19.8 Å². The van der Waals surface area contributed by atoms with Crippen LogP contribution < -0.4 is 0 Å². The summed E-state index contributed by atoms with van der Waals surface area (Å²) in [5.41, 5.74) is 1.13. The first-order valence-electron chi connectivity index (χ1n) is 4.19. The maximum atomic E-state index is 10.9. The molecule has 1 fully saturated rings. The lowest BCUT2D eigenvalue weighted by molar-refractivity contribution is -0.146. The number of carbonyl (C=O) groups is 1. The Kier molecular flexibility index (Phi) is 3.29. The monoisotopic (exact) mass is 170 g/mol. The van der Waals surface area contributed by atoms with E-state index in [1.807, 2.05) is 13.0 Å². The highest BCUT2D eigenvalue weighted by Gasteiger charge is 2.23. The Morgan fingerprint density at radius 3 is 3.08 bits per heavy atom. The second-order valence-corrected chi connectivity index (χ2v) is 2.94. The second-order valence-electron chi connectivity index (χ2n) is 2.94. The minimum Gasteiger partial charge on any atom is -0.461 e. The molecule has 1 N–H and O–H groups in total. The fourth-order valence-electron chi connectivity index (χ4n) is 1.44. The van der Waals surface area contributed by atoms with Crippen molar-refractivity contribution in [3.05, 3.63) is 11.6 Å². The highest BCUT2D eigenvalue weighted by molar-refractivity contribution is 5.71. The summed E-state index contributed by atoms with van der Waals surface area (Å²) in [6.07, 6.45) is 3.04. The fraction of sp³-hybridized carbons (Fsp3) is 0.667. The second kappa shape index (κ2) is 4.26. The zero-order valence-electron chi connectivity index (χ0n) is 7.25. The summed E-state index contributed by atoms with van der Waals surface area (Å²) in [4.78, 5) is 10.9. The molecule has 1 atom stereocenters. The summed E-state index contributed by atoms with van der Waals surface area (Å²) in [6.45, 7) is 2.47. The van der Waals surface area contributed by atoms with Gasteiger partial charge in [-0.2, -0.15) is 0 Å². The molecule has 1 aliphatic rings. The van der Waals surface area contributed by atoms with Crippen molar-refractivity contribution in [2.24, 2.45) is 5.92 Å². The molecule has 0 saturated carbocycles. The number of carbonyl (C=O) groups excluding carboxylic acids is 1. The van der Waals surface area contributed by atoms with Gasteiger partial charge in [0.15, 0.2) is 0 Å². The van der Waals surface area contributed by atoms with Gasteiger partial charge in [0.2, 0.25) is 0 Å². The summed E-state index contributed by atoms with van der Waals surface area (Å²) in [7, 11) is 0. The standard InChI is InChI=1S/C9H14O3/c1-2-7-6-12-9(11)5-8(7)3-4-10/h2,8,10H,3-6H2,1H3. The van der Waals surface area contributed by atoms with Crippen molar-refractivity contribution in [3.8, 4) is 0 Å². The number of hydrogen-bond acceptors (Lipinski definition) is 3. The van der Waals surface area contributed by atoms with Gasteiger partial charge in [0.05, 0.1) is 6.42 Å². The minimum atomic E-state index is -0.154. The van der Waals surface area contributed by atoms with Crippen LogP contribution >= 0.6 is 0 Å². The number of aliphatic hydroxyl groups is 1. The van der Waals surface area contributed by atoms with Gasteiger partial charge in [0.1, 0.15) is 6.61 Å². The van der Waals surface area contributed by atoms with Gasteiger partial charge in [0.25, 0.3) is 0 Å². The molecule has 1 aliphatic heterocycles. The predicted molar refractivity (Wildman–Crippen MR) is 44.5 cm³/mol. The first kappa shape index (κ1) is 9.26. The SMILES string of the molecule is CC=C1COC(=O)CC1CCO. The third-order valence-corrected chi connectivity index (χ3v) is 2.19. The van der Waals surface area contributed by atoms with Crippen molar-refractivity contribution >= 4 is 5.97 Å². The lowest BCUT2D eigenvalue weighted by atomic mass is 9.91. The summed E-state index contributed by atoms with van der Waals surface area (Å²) in [5, 5.41) is 8.74. The Morgan fingerprint density at radius 1 is 1.75 bits per heavy atom. The molecule has 1 heterocycles. The molecular weight excluding hydrogens is 156 g/mol. The van der Waals surface area contributed by atoms with Crippen LogP contribution in [-0.2, 0) is 9.53 Å². The van der Waals surface area contributed by atoms with Crippen LogP contribution in [0.25, 0.3) is 0 Å². The van der Waals surface area contributed by atoms with E-state index in [0.717, 1.165) is 5.57 Å². The van der Waals surface area contributed by atoms with Crippen molar-refractivity contribution in [1.29, 1.82) is 0 Å². The molecule has 0 aromatic carbocycles. The number of hydrogen-bond donors (Lipinski definition) is 1. The molecule has 0 bridgehead atoms. The molecule has 3 nitrogen and oxygen atoms in total. The van der Waals surface area contributed by atoms with E-state index < -0.39 is 0 Å². The molecule has 1 saturated heterocycles. The van der Waals surface area contributed by atoms with Gasteiger partial charge in [-0.15, -0.1) is 0 Å². The van der Waals surface area contributed by atoms with Gasteiger partial charge in [-0.3, -0.25) is 4.79 Å². The number of aliphatic hydroxyl groups excluding tert-OH is 1. The van der Waals surface area contributed by atoms with E-state index in [2.05, 4.69) is 0 Å². The predicted octanol–water partition coefficient (Wildman–Crippen LogP) is 0.878. The minimum absolute atomic E-state index is 0.134. The summed E-state index contributed by atoms with van der Waals surface area (Å²) in [6, 6.07) is 0. The van der Waals surface area contributed by atoms with Gasteiger partial charge in [-0.25, -0.2) is 0 Å². The van der Waals surface area contributed by atoms with Crippen LogP contribution in [0.5, 0.6) is 0 Å². The van der Waals surface area contributed by atoms with E-state index in [0.29, 0.717) is 19.4 Å². The van der Waals surface area contributed by atoms with Gasteiger partial charge in [-0.05, 0) is 24.8 Å². The average Bonchev–Trinajstić information content (AvgIpc) is 2.05. The normalized spacial score (nSPS) is 27.3. The Labute approximate surface area is 72.0 Å². The summed E-state index contributed by atoms with van der Waals surface area (Å²) in [5.74, 6) is 0.0419. The third kappa shape index (κ3) is 2.08. The first-order valence-corrected chi connectivity index (χ1v) is 4.19. The molecule has 3 heteroatoms. The molecule has 0 radical (unpaired) electrons. The lowest BCUT2D eigenvalue weighted by Gasteiger charge is -2.23. The third-order valence-electron chi connectivity index (χ3n) is 2.19. The van der Waals surface area contributed by atoms with E-state index in [1.54, 1.807) is 0 Å².